The van der Waals surface area contributed by atoms with Gasteiger partial charge in [-0.15, -0.1) is 0 Å². The van der Waals surface area contributed by atoms with Crippen LogP contribution < -0.4 is 5.32 Å². The summed E-state index contributed by atoms with van der Waals surface area (Å²) in [5, 5.41) is 22.9. The standard InChI is InChI=1S/C12H13N3O2/c1-12(5-2-6-12)14-10-7-9(8-13)3-4-11(10)15(16)17/h3-4,7,14H,2,5-6H2,1H3. The molecule has 0 radical (unpaired) electrons. The Labute approximate surface area is 99.2 Å². The molecular formula is C12H13N3O2. The van der Waals surface area contributed by atoms with Crippen molar-refractivity contribution >= 4 is 11.4 Å². The van der Waals surface area contributed by atoms with Crippen molar-refractivity contribution in [1.29, 1.82) is 5.26 Å². The highest BCUT2D eigenvalue weighted by molar-refractivity contribution is 5.65. The lowest BCUT2D eigenvalue weighted by atomic mass is 9.78. The van der Waals surface area contributed by atoms with Crippen LogP contribution in [0.4, 0.5) is 11.4 Å². The summed E-state index contributed by atoms with van der Waals surface area (Å²) in [4.78, 5) is 10.5. The topological polar surface area (TPSA) is 79.0 Å². The SMILES string of the molecule is CC1(Nc2cc(C#N)ccc2[N+](=O)[O-])CCC1. The maximum absolute atomic E-state index is 10.9. The van der Waals surface area contributed by atoms with Crippen LogP contribution in [0.25, 0.3) is 0 Å². The molecule has 5 heteroatoms. The molecule has 1 fully saturated rings. The fraction of sp³-hybridized carbons (Fsp3) is 0.417. The van der Waals surface area contributed by atoms with Gasteiger partial charge < -0.3 is 5.32 Å². The van der Waals surface area contributed by atoms with E-state index in [1.807, 2.05) is 13.0 Å². The fourth-order valence-corrected chi connectivity index (χ4v) is 2.02. The van der Waals surface area contributed by atoms with Crippen molar-refractivity contribution in [3.63, 3.8) is 0 Å². The molecule has 0 aromatic heterocycles. The number of hydrogen-bond acceptors (Lipinski definition) is 4. The fourth-order valence-electron chi connectivity index (χ4n) is 2.02. The van der Waals surface area contributed by atoms with Crippen LogP contribution in [0.3, 0.4) is 0 Å². The Kier molecular flexibility index (Phi) is 2.72. The summed E-state index contributed by atoms with van der Waals surface area (Å²) in [6, 6.07) is 6.38. The zero-order valence-corrected chi connectivity index (χ0v) is 9.56. The Morgan fingerprint density at radius 2 is 2.24 bits per heavy atom. The van der Waals surface area contributed by atoms with Crippen molar-refractivity contribution in [3.05, 3.63) is 33.9 Å². The molecule has 1 aliphatic rings. The van der Waals surface area contributed by atoms with E-state index in [4.69, 9.17) is 5.26 Å². The maximum Gasteiger partial charge on any atom is 0.292 e. The zero-order chi connectivity index (χ0) is 12.5. The van der Waals surface area contributed by atoms with Gasteiger partial charge in [0.2, 0.25) is 0 Å². The second-order valence-corrected chi connectivity index (χ2v) is 4.64. The monoisotopic (exact) mass is 231 g/mol. The average Bonchev–Trinajstić information content (AvgIpc) is 2.26. The predicted molar refractivity (Wildman–Crippen MR) is 63.7 cm³/mol. The quantitative estimate of drug-likeness (QED) is 0.640. The highest BCUT2D eigenvalue weighted by Crippen LogP contribution is 2.37. The highest BCUT2D eigenvalue weighted by Gasteiger charge is 2.33. The van der Waals surface area contributed by atoms with E-state index >= 15 is 0 Å². The molecule has 0 unspecified atom stereocenters. The molecule has 1 aromatic carbocycles. The first kappa shape index (κ1) is 11.4. The van der Waals surface area contributed by atoms with Gasteiger partial charge in [0.1, 0.15) is 5.69 Å². The molecule has 1 N–H and O–H groups in total. The Hall–Kier alpha value is -2.09. The largest absolute Gasteiger partial charge is 0.374 e. The van der Waals surface area contributed by atoms with Gasteiger partial charge in [0.25, 0.3) is 5.69 Å². The van der Waals surface area contributed by atoms with Gasteiger partial charge in [-0.2, -0.15) is 5.26 Å². The van der Waals surface area contributed by atoms with Gasteiger partial charge in [0, 0.05) is 11.6 Å². The third-order valence-corrected chi connectivity index (χ3v) is 3.22. The molecule has 1 aliphatic carbocycles. The first-order chi connectivity index (χ1) is 8.04. The minimum absolute atomic E-state index is 0.0251. The summed E-state index contributed by atoms with van der Waals surface area (Å²) in [6.07, 6.45) is 3.14. The van der Waals surface area contributed by atoms with Gasteiger partial charge >= 0.3 is 0 Å². The summed E-state index contributed by atoms with van der Waals surface area (Å²) in [5.74, 6) is 0. The molecule has 0 bridgehead atoms. The number of rotatable bonds is 3. The normalized spacial score (nSPS) is 16.7. The maximum atomic E-state index is 10.9. The lowest BCUT2D eigenvalue weighted by Crippen LogP contribution is -2.41. The lowest BCUT2D eigenvalue weighted by Gasteiger charge is -2.39. The van der Waals surface area contributed by atoms with Crippen molar-refractivity contribution in [3.8, 4) is 6.07 Å². The van der Waals surface area contributed by atoms with E-state index in [1.54, 1.807) is 6.07 Å². The Balaban J connectivity index is 2.35. The molecule has 0 saturated heterocycles. The molecule has 0 spiro atoms. The van der Waals surface area contributed by atoms with E-state index in [0.29, 0.717) is 11.3 Å². The molecule has 0 amide bonds. The van der Waals surface area contributed by atoms with Gasteiger partial charge in [-0.1, -0.05) is 0 Å². The summed E-state index contributed by atoms with van der Waals surface area (Å²) >= 11 is 0. The molecule has 1 saturated carbocycles. The van der Waals surface area contributed by atoms with E-state index in [1.165, 1.54) is 12.1 Å². The summed E-state index contributed by atoms with van der Waals surface area (Å²) in [7, 11) is 0. The van der Waals surface area contributed by atoms with E-state index in [2.05, 4.69) is 5.32 Å². The number of nitro groups is 1. The molecule has 88 valence electrons. The van der Waals surface area contributed by atoms with Crippen molar-refractivity contribution < 1.29 is 4.92 Å². The minimum atomic E-state index is -0.425. The highest BCUT2D eigenvalue weighted by atomic mass is 16.6. The van der Waals surface area contributed by atoms with Crippen molar-refractivity contribution in [2.45, 2.75) is 31.7 Å². The Morgan fingerprint density at radius 3 is 2.71 bits per heavy atom. The van der Waals surface area contributed by atoms with E-state index in [9.17, 15) is 10.1 Å². The van der Waals surface area contributed by atoms with Crippen LogP contribution in [0.2, 0.25) is 0 Å². The molecule has 0 heterocycles. The number of nitrogens with one attached hydrogen (secondary N) is 1. The van der Waals surface area contributed by atoms with Crippen LogP contribution in [-0.4, -0.2) is 10.5 Å². The minimum Gasteiger partial charge on any atom is -0.374 e. The molecule has 2 rings (SSSR count). The molecule has 17 heavy (non-hydrogen) atoms. The first-order valence-electron chi connectivity index (χ1n) is 5.51. The number of nitriles is 1. The third-order valence-electron chi connectivity index (χ3n) is 3.22. The van der Waals surface area contributed by atoms with Crippen LogP contribution >= 0.6 is 0 Å². The molecular weight excluding hydrogens is 218 g/mol. The third kappa shape index (κ3) is 2.21. The van der Waals surface area contributed by atoms with Gasteiger partial charge in [-0.05, 0) is 38.3 Å². The van der Waals surface area contributed by atoms with Gasteiger partial charge in [0.05, 0.1) is 16.6 Å². The van der Waals surface area contributed by atoms with Crippen molar-refractivity contribution in [2.24, 2.45) is 0 Å². The van der Waals surface area contributed by atoms with Crippen LogP contribution in [0.1, 0.15) is 31.7 Å². The smallest absolute Gasteiger partial charge is 0.292 e. The zero-order valence-electron chi connectivity index (χ0n) is 9.56. The number of nitro benzene ring substituents is 1. The van der Waals surface area contributed by atoms with Crippen molar-refractivity contribution in [2.75, 3.05) is 5.32 Å². The Morgan fingerprint density at radius 1 is 1.53 bits per heavy atom. The predicted octanol–water partition coefficient (Wildman–Crippen LogP) is 2.82. The van der Waals surface area contributed by atoms with Gasteiger partial charge in [0.15, 0.2) is 0 Å². The molecule has 0 atom stereocenters. The molecule has 0 aliphatic heterocycles. The van der Waals surface area contributed by atoms with Crippen LogP contribution in [0, 0.1) is 21.4 Å². The van der Waals surface area contributed by atoms with E-state index in [-0.39, 0.29) is 11.2 Å². The van der Waals surface area contributed by atoms with E-state index < -0.39 is 4.92 Å². The first-order valence-corrected chi connectivity index (χ1v) is 5.51. The van der Waals surface area contributed by atoms with Gasteiger partial charge in [-0.3, -0.25) is 10.1 Å². The lowest BCUT2D eigenvalue weighted by molar-refractivity contribution is -0.384. The summed E-state index contributed by atoms with van der Waals surface area (Å²) < 4.78 is 0. The molecule has 5 nitrogen and oxygen atoms in total. The average molecular weight is 231 g/mol. The van der Waals surface area contributed by atoms with Crippen molar-refractivity contribution in [1.82, 2.24) is 0 Å². The summed E-state index contributed by atoms with van der Waals surface area (Å²) in [5.41, 5.74) is 0.827. The molecule has 1 aromatic rings. The van der Waals surface area contributed by atoms with Gasteiger partial charge in [-0.25, -0.2) is 0 Å². The van der Waals surface area contributed by atoms with E-state index in [0.717, 1.165) is 19.3 Å². The second kappa shape index (κ2) is 4.06. The summed E-state index contributed by atoms with van der Waals surface area (Å²) in [6.45, 7) is 2.04. The number of benzene rings is 1. The number of nitrogens with zero attached hydrogens (tertiary/aromatic N) is 2. The van der Waals surface area contributed by atoms with Crippen LogP contribution in [0.5, 0.6) is 0 Å². The number of anilines is 1. The second-order valence-electron chi connectivity index (χ2n) is 4.64. The Bertz CT molecular complexity index is 501. The number of hydrogen-bond donors (Lipinski definition) is 1. The van der Waals surface area contributed by atoms with Crippen LogP contribution in [-0.2, 0) is 0 Å². The van der Waals surface area contributed by atoms with Crippen LogP contribution in [0.15, 0.2) is 18.2 Å².